The molecule has 1 aliphatic rings. The minimum absolute atomic E-state index is 0.128. The highest BCUT2D eigenvalue weighted by Crippen LogP contribution is 2.39. The molecule has 0 aromatic heterocycles. The van der Waals surface area contributed by atoms with Crippen LogP contribution in [0.3, 0.4) is 0 Å². The SMILES string of the molecule is COc1ccc(C2(OC)CCCCN2CCCC(O)c2ccc(C(C)(C)C)cc2)cc1. The zero-order chi connectivity index (χ0) is 22.5. The number of rotatable bonds is 8. The van der Waals surface area contributed by atoms with Crippen molar-refractivity contribution in [2.24, 2.45) is 0 Å². The molecule has 3 rings (SSSR count). The third kappa shape index (κ3) is 5.49. The molecule has 31 heavy (non-hydrogen) atoms. The molecule has 0 saturated carbocycles. The molecule has 2 aromatic rings. The fourth-order valence-electron chi connectivity index (χ4n) is 4.67. The normalized spacial score (nSPS) is 21.1. The second-order valence-electron chi connectivity index (χ2n) is 9.69. The molecule has 0 aliphatic carbocycles. The third-order valence-corrected chi connectivity index (χ3v) is 6.65. The maximum Gasteiger partial charge on any atom is 0.147 e. The van der Waals surface area contributed by atoms with E-state index in [1.54, 1.807) is 7.11 Å². The first-order valence-electron chi connectivity index (χ1n) is 11.5. The molecule has 1 saturated heterocycles. The van der Waals surface area contributed by atoms with Crippen molar-refractivity contribution in [1.82, 2.24) is 4.90 Å². The largest absolute Gasteiger partial charge is 0.497 e. The van der Waals surface area contributed by atoms with Crippen molar-refractivity contribution >= 4 is 0 Å². The molecule has 0 amide bonds. The molecule has 1 N–H and O–H groups in total. The minimum atomic E-state index is -0.434. The highest BCUT2D eigenvalue weighted by molar-refractivity contribution is 5.31. The van der Waals surface area contributed by atoms with Crippen molar-refractivity contribution in [1.29, 1.82) is 0 Å². The lowest BCUT2D eigenvalue weighted by Crippen LogP contribution is -2.51. The van der Waals surface area contributed by atoms with Gasteiger partial charge in [0.1, 0.15) is 11.5 Å². The summed E-state index contributed by atoms with van der Waals surface area (Å²) >= 11 is 0. The lowest BCUT2D eigenvalue weighted by Gasteiger charge is -2.46. The van der Waals surface area contributed by atoms with Gasteiger partial charge in [-0.25, -0.2) is 0 Å². The van der Waals surface area contributed by atoms with Gasteiger partial charge >= 0.3 is 0 Å². The Hall–Kier alpha value is -1.88. The molecule has 1 heterocycles. The second kappa shape index (κ2) is 10.2. The van der Waals surface area contributed by atoms with Gasteiger partial charge in [-0.2, -0.15) is 0 Å². The Labute approximate surface area is 188 Å². The van der Waals surface area contributed by atoms with Crippen LogP contribution in [0.1, 0.15) is 75.7 Å². The molecule has 0 radical (unpaired) electrons. The van der Waals surface area contributed by atoms with Crippen LogP contribution in [0.25, 0.3) is 0 Å². The number of aliphatic hydroxyl groups is 1. The van der Waals surface area contributed by atoms with Crippen LogP contribution in [0, 0.1) is 0 Å². The van der Waals surface area contributed by atoms with Gasteiger partial charge in [0.2, 0.25) is 0 Å². The van der Waals surface area contributed by atoms with Crippen LogP contribution in [0.2, 0.25) is 0 Å². The van der Waals surface area contributed by atoms with Crippen LogP contribution in [0.15, 0.2) is 48.5 Å². The highest BCUT2D eigenvalue weighted by Gasteiger charge is 2.40. The van der Waals surface area contributed by atoms with E-state index in [1.165, 1.54) is 17.5 Å². The summed E-state index contributed by atoms with van der Waals surface area (Å²) in [5.41, 5.74) is 3.20. The molecule has 2 unspecified atom stereocenters. The first kappa shape index (κ1) is 23.8. The summed E-state index contributed by atoms with van der Waals surface area (Å²) in [7, 11) is 3.50. The highest BCUT2D eigenvalue weighted by atomic mass is 16.5. The summed E-state index contributed by atoms with van der Waals surface area (Å²) in [4.78, 5) is 2.45. The van der Waals surface area contributed by atoms with Crippen LogP contribution >= 0.6 is 0 Å². The molecule has 1 aliphatic heterocycles. The lowest BCUT2D eigenvalue weighted by atomic mass is 9.86. The fourth-order valence-corrected chi connectivity index (χ4v) is 4.67. The van der Waals surface area contributed by atoms with Gasteiger partial charge in [-0.3, -0.25) is 4.90 Å². The first-order chi connectivity index (χ1) is 14.8. The Morgan fingerprint density at radius 3 is 2.26 bits per heavy atom. The average molecular weight is 426 g/mol. The van der Waals surface area contributed by atoms with Gasteiger partial charge in [-0.1, -0.05) is 57.2 Å². The van der Waals surface area contributed by atoms with E-state index in [0.717, 1.165) is 50.1 Å². The monoisotopic (exact) mass is 425 g/mol. The minimum Gasteiger partial charge on any atom is -0.497 e. The van der Waals surface area contributed by atoms with Crippen molar-refractivity contribution < 1.29 is 14.6 Å². The van der Waals surface area contributed by atoms with Crippen LogP contribution in [0.5, 0.6) is 5.75 Å². The molecular weight excluding hydrogens is 386 g/mol. The molecule has 2 atom stereocenters. The van der Waals surface area contributed by atoms with Crippen molar-refractivity contribution in [3.05, 3.63) is 65.2 Å². The van der Waals surface area contributed by atoms with Crippen molar-refractivity contribution in [3.8, 4) is 5.75 Å². The summed E-state index contributed by atoms with van der Waals surface area (Å²) in [5, 5.41) is 10.7. The van der Waals surface area contributed by atoms with Crippen LogP contribution in [-0.4, -0.2) is 37.3 Å². The van der Waals surface area contributed by atoms with Gasteiger partial charge < -0.3 is 14.6 Å². The summed E-state index contributed by atoms with van der Waals surface area (Å²) in [6.45, 7) is 8.54. The van der Waals surface area contributed by atoms with Gasteiger partial charge in [-0.15, -0.1) is 0 Å². The van der Waals surface area contributed by atoms with Crippen LogP contribution in [-0.2, 0) is 15.9 Å². The molecule has 0 spiro atoms. The number of likely N-dealkylation sites (tertiary alicyclic amines) is 1. The molecule has 2 aromatic carbocycles. The number of benzene rings is 2. The summed E-state index contributed by atoms with van der Waals surface area (Å²) in [6.07, 6.45) is 4.54. The Bertz CT molecular complexity index is 810. The smallest absolute Gasteiger partial charge is 0.147 e. The average Bonchev–Trinajstić information content (AvgIpc) is 2.79. The lowest BCUT2D eigenvalue weighted by molar-refractivity contribution is -0.165. The van der Waals surface area contributed by atoms with E-state index >= 15 is 0 Å². The zero-order valence-corrected chi connectivity index (χ0v) is 19.9. The predicted octanol–water partition coefficient (Wildman–Crippen LogP) is 5.79. The molecular formula is C27H39NO3. The van der Waals surface area contributed by atoms with E-state index in [0.29, 0.717) is 0 Å². The second-order valence-corrected chi connectivity index (χ2v) is 9.69. The fraction of sp³-hybridized carbons (Fsp3) is 0.556. The number of piperidine rings is 1. The van der Waals surface area contributed by atoms with Crippen molar-refractivity contribution in [3.63, 3.8) is 0 Å². The maximum atomic E-state index is 10.7. The molecule has 0 bridgehead atoms. The van der Waals surface area contributed by atoms with Gasteiger partial charge in [0, 0.05) is 20.2 Å². The topological polar surface area (TPSA) is 41.9 Å². The van der Waals surface area contributed by atoms with Crippen LogP contribution in [0.4, 0.5) is 0 Å². The van der Waals surface area contributed by atoms with E-state index in [9.17, 15) is 5.11 Å². The number of hydrogen-bond acceptors (Lipinski definition) is 4. The maximum absolute atomic E-state index is 10.7. The van der Waals surface area contributed by atoms with E-state index in [4.69, 9.17) is 9.47 Å². The van der Waals surface area contributed by atoms with Gasteiger partial charge in [0.25, 0.3) is 0 Å². The number of methoxy groups -OCH3 is 2. The van der Waals surface area contributed by atoms with Crippen molar-refractivity contribution in [2.75, 3.05) is 27.3 Å². The van der Waals surface area contributed by atoms with Crippen LogP contribution < -0.4 is 4.74 Å². The van der Waals surface area contributed by atoms with E-state index in [2.05, 4.69) is 62.1 Å². The third-order valence-electron chi connectivity index (χ3n) is 6.65. The van der Waals surface area contributed by atoms with Gasteiger partial charge in [0.05, 0.1) is 13.2 Å². The molecule has 170 valence electrons. The first-order valence-corrected chi connectivity index (χ1v) is 11.5. The van der Waals surface area contributed by atoms with E-state index in [1.807, 2.05) is 19.2 Å². The Morgan fingerprint density at radius 2 is 1.68 bits per heavy atom. The summed E-state index contributed by atoms with van der Waals surface area (Å²) in [6, 6.07) is 16.7. The predicted molar refractivity (Wildman–Crippen MR) is 126 cm³/mol. The standard InChI is InChI=1S/C27H39NO3/c1-26(2,3)22-12-10-21(11-13-22)25(29)9-8-20-28-19-7-6-18-27(28,31-5)23-14-16-24(30-4)17-15-23/h10-17,25,29H,6-9,18-20H2,1-5H3. The number of aliphatic hydroxyl groups excluding tert-OH is 1. The Kier molecular flexibility index (Phi) is 7.79. The number of hydrogen-bond donors (Lipinski definition) is 1. The summed E-state index contributed by atoms with van der Waals surface area (Å²) < 4.78 is 11.5. The Morgan fingerprint density at radius 1 is 1.00 bits per heavy atom. The van der Waals surface area contributed by atoms with E-state index in [-0.39, 0.29) is 5.41 Å². The zero-order valence-electron chi connectivity index (χ0n) is 19.9. The molecule has 4 nitrogen and oxygen atoms in total. The number of nitrogens with zero attached hydrogens (tertiary/aromatic N) is 1. The number of ether oxygens (including phenoxy) is 2. The van der Waals surface area contributed by atoms with Gasteiger partial charge in [0.15, 0.2) is 0 Å². The van der Waals surface area contributed by atoms with E-state index < -0.39 is 11.8 Å². The Balaban J connectivity index is 1.64. The van der Waals surface area contributed by atoms with Gasteiger partial charge in [-0.05, 0) is 66.3 Å². The quantitative estimate of drug-likeness (QED) is 0.581. The molecule has 1 fully saturated rings. The van der Waals surface area contributed by atoms with Crippen molar-refractivity contribution in [2.45, 2.75) is 70.1 Å². The summed E-state index contributed by atoms with van der Waals surface area (Å²) in [5.74, 6) is 0.859. The molecule has 4 heteroatoms.